The van der Waals surface area contributed by atoms with Gasteiger partial charge in [-0.3, -0.25) is 19.8 Å². The average molecular weight is 337 g/mol. The lowest BCUT2D eigenvalue weighted by atomic mass is 9.70. The molecular weight excluding hydrogens is 318 g/mol. The van der Waals surface area contributed by atoms with E-state index < -0.39 is 5.91 Å². The zero-order chi connectivity index (χ0) is 17.4. The summed E-state index contributed by atoms with van der Waals surface area (Å²) in [7, 11) is 0. The van der Waals surface area contributed by atoms with Gasteiger partial charge in [0.05, 0.1) is 17.3 Å². The zero-order valence-electron chi connectivity index (χ0n) is 13.7. The first-order chi connectivity index (χ1) is 12.1. The molecule has 6 heteroatoms. The van der Waals surface area contributed by atoms with Crippen molar-refractivity contribution < 1.29 is 14.8 Å². The number of hydroxylamine groups is 1. The molecule has 1 aromatic carbocycles. The predicted molar refractivity (Wildman–Crippen MR) is 91.4 cm³/mol. The van der Waals surface area contributed by atoms with Gasteiger partial charge in [-0.25, -0.2) is 5.48 Å². The van der Waals surface area contributed by atoms with Crippen LogP contribution in [0.15, 0.2) is 42.7 Å². The predicted octanol–water partition coefficient (Wildman–Crippen LogP) is 2.11. The molecular formula is C19H19N3O3. The third-order valence-electron chi connectivity index (χ3n) is 5.44. The number of hydrogen-bond acceptors (Lipinski definition) is 4. The molecule has 128 valence electrons. The lowest BCUT2D eigenvalue weighted by molar-refractivity contribution is -0.126. The van der Waals surface area contributed by atoms with Crippen LogP contribution in [0.4, 0.5) is 5.69 Å². The van der Waals surface area contributed by atoms with Crippen LogP contribution >= 0.6 is 0 Å². The van der Waals surface area contributed by atoms with Crippen molar-refractivity contribution in [2.75, 3.05) is 11.4 Å². The van der Waals surface area contributed by atoms with Crippen LogP contribution in [0.1, 0.15) is 34.3 Å². The summed E-state index contributed by atoms with van der Waals surface area (Å²) >= 11 is 0. The first-order valence-corrected chi connectivity index (χ1v) is 8.41. The van der Waals surface area contributed by atoms with E-state index in [1.165, 1.54) is 0 Å². The number of nitrogens with one attached hydrogen (secondary N) is 1. The van der Waals surface area contributed by atoms with Gasteiger partial charge in [-0.1, -0.05) is 6.07 Å². The fourth-order valence-electron chi connectivity index (χ4n) is 4.04. The molecule has 0 bridgehead atoms. The van der Waals surface area contributed by atoms with Crippen molar-refractivity contribution in [1.82, 2.24) is 10.5 Å². The van der Waals surface area contributed by atoms with Crippen molar-refractivity contribution >= 4 is 17.5 Å². The van der Waals surface area contributed by atoms with Crippen LogP contribution in [-0.2, 0) is 17.6 Å². The number of anilines is 1. The van der Waals surface area contributed by atoms with E-state index in [0.29, 0.717) is 18.5 Å². The van der Waals surface area contributed by atoms with Crippen LogP contribution in [-0.4, -0.2) is 28.6 Å². The molecule has 2 aliphatic rings. The van der Waals surface area contributed by atoms with Gasteiger partial charge in [0.2, 0.25) is 5.91 Å². The van der Waals surface area contributed by atoms with Gasteiger partial charge < -0.3 is 4.90 Å². The van der Waals surface area contributed by atoms with Crippen molar-refractivity contribution in [3.63, 3.8) is 0 Å². The van der Waals surface area contributed by atoms with Gasteiger partial charge in [-0.2, -0.15) is 0 Å². The van der Waals surface area contributed by atoms with E-state index in [0.717, 1.165) is 36.1 Å². The third-order valence-corrected chi connectivity index (χ3v) is 5.44. The van der Waals surface area contributed by atoms with Crippen molar-refractivity contribution in [1.29, 1.82) is 0 Å². The maximum absolute atomic E-state index is 13.1. The molecule has 1 atom stereocenters. The topological polar surface area (TPSA) is 82.5 Å². The highest BCUT2D eigenvalue weighted by atomic mass is 16.5. The average Bonchev–Trinajstić information content (AvgIpc) is 2.97. The fraction of sp³-hybridized carbons (Fsp3) is 0.316. The monoisotopic (exact) mass is 337 g/mol. The summed E-state index contributed by atoms with van der Waals surface area (Å²) in [5, 5.41) is 8.78. The van der Waals surface area contributed by atoms with Gasteiger partial charge in [0.25, 0.3) is 5.91 Å². The summed E-state index contributed by atoms with van der Waals surface area (Å²) in [6.07, 6.45) is 6.50. The van der Waals surface area contributed by atoms with Crippen molar-refractivity contribution in [2.24, 2.45) is 5.41 Å². The highest BCUT2D eigenvalue weighted by molar-refractivity contribution is 6.00. The molecule has 1 aromatic heterocycles. The smallest absolute Gasteiger partial charge is 0.274 e. The van der Waals surface area contributed by atoms with Gasteiger partial charge >= 0.3 is 0 Å². The number of aromatic nitrogens is 1. The Hall–Kier alpha value is -2.73. The largest absolute Gasteiger partial charge is 0.310 e. The highest BCUT2D eigenvalue weighted by Crippen LogP contribution is 2.45. The Kier molecular flexibility index (Phi) is 3.77. The van der Waals surface area contributed by atoms with E-state index in [2.05, 4.69) is 4.98 Å². The molecule has 1 fully saturated rings. The molecule has 0 radical (unpaired) electrons. The number of amides is 2. The van der Waals surface area contributed by atoms with E-state index in [1.54, 1.807) is 23.9 Å². The number of hydrogen-bond donors (Lipinski definition) is 2. The second-order valence-electron chi connectivity index (χ2n) is 6.80. The molecule has 1 spiro atoms. The molecule has 1 unspecified atom stereocenters. The second kappa shape index (κ2) is 5.97. The van der Waals surface area contributed by atoms with Crippen LogP contribution < -0.4 is 10.4 Å². The molecule has 2 N–H and O–H groups in total. The molecule has 2 amide bonds. The number of nitrogens with zero attached hydrogens (tertiary/aromatic N) is 2. The van der Waals surface area contributed by atoms with E-state index >= 15 is 0 Å². The summed E-state index contributed by atoms with van der Waals surface area (Å²) < 4.78 is 0. The zero-order valence-corrected chi connectivity index (χ0v) is 13.7. The number of fused-ring (bicyclic) bond motifs is 1. The molecule has 1 saturated heterocycles. The molecule has 25 heavy (non-hydrogen) atoms. The molecule has 4 rings (SSSR count). The Balaban J connectivity index is 1.60. The Morgan fingerprint density at radius 3 is 2.88 bits per heavy atom. The van der Waals surface area contributed by atoms with E-state index in [-0.39, 0.29) is 11.3 Å². The Labute approximate surface area is 145 Å². The summed E-state index contributed by atoms with van der Waals surface area (Å²) in [5.41, 5.74) is 4.79. The minimum Gasteiger partial charge on any atom is -0.310 e. The van der Waals surface area contributed by atoms with Gasteiger partial charge in [0.15, 0.2) is 0 Å². The van der Waals surface area contributed by atoms with Gasteiger partial charge in [0, 0.05) is 18.3 Å². The van der Waals surface area contributed by atoms with Crippen LogP contribution in [0.5, 0.6) is 0 Å². The van der Waals surface area contributed by atoms with Crippen molar-refractivity contribution in [3.8, 4) is 0 Å². The Morgan fingerprint density at radius 2 is 2.12 bits per heavy atom. The number of carbonyl (C=O) groups is 2. The number of benzene rings is 1. The maximum atomic E-state index is 13.1. The lowest BCUT2D eigenvalue weighted by Crippen LogP contribution is -2.38. The standard InChI is InChI=1S/C19H19N3O3/c23-17(21-25)14-3-4-15-11-19(6-5-13(15)10-14)7-9-22(18(19)24)16-2-1-8-20-12-16/h1-4,8,10,12,25H,5-7,9,11H2,(H,21,23). The van der Waals surface area contributed by atoms with E-state index in [1.807, 2.05) is 29.2 Å². The molecule has 1 aliphatic carbocycles. The molecule has 2 aromatic rings. The third kappa shape index (κ3) is 2.59. The summed E-state index contributed by atoms with van der Waals surface area (Å²) in [6, 6.07) is 9.17. The maximum Gasteiger partial charge on any atom is 0.274 e. The fourth-order valence-corrected chi connectivity index (χ4v) is 4.04. The Morgan fingerprint density at radius 1 is 1.24 bits per heavy atom. The quantitative estimate of drug-likeness (QED) is 0.649. The number of pyridine rings is 1. The summed E-state index contributed by atoms with van der Waals surface area (Å²) in [4.78, 5) is 30.6. The molecule has 6 nitrogen and oxygen atoms in total. The van der Waals surface area contributed by atoms with E-state index in [4.69, 9.17) is 5.21 Å². The van der Waals surface area contributed by atoms with Crippen molar-refractivity contribution in [3.05, 3.63) is 59.4 Å². The van der Waals surface area contributed by atoms with Crippen LogP contribution in [0.2, 0.25) is 0 Å². The molecule has 0 saturated carbocycles. The molecule has 2 heterocycles. The first-order valence-electron chi connectivity index (χ1n) is 8.41. The summed E-state index contributed by atoms with van der Waals surface area (Å²) in [6.45, 7) is 0.713. The van der Waals surface area contributed by atoms with Crippen molar-refractivity contribution in [2.45, 2.75) is 25.7 Å². The first kappa shape index (κ1) is 15.8. The SMILES string of the molecule is O=C(NO)c1ccc2c(c1)CCC1(CCN(c3cccnc3)C1=O)C2. The van der Waals surface area contributed by atoms with Gasteiger partial charge in [0.1, 0.15) is 0 Å². The van der Waals surface area contributed by atoms with Crippen LogP contribution in [0.25, 0.3) is 0 Å². The van der Waals surface area contributed by atoms with Crippen LogP contribution in [0.3, 0.4) is 0 Å². The van der Waals surface area contributed by atoms with Gasteiger partial charge in [-0.05, 0) is 61.1 Å². The number of aryl methyl sites for hydroxylation is 1. The number of rotatable bonds is 2. The normalized spacial score (nSPS) is 22.1. The lowest BCUT2D eigenvalue weighted by Gasteiger charge is -2.33. The Bertz CT molecular complexity index is 837. The highest BCUT2D eigenvalue weighted by Gasteiger charge is 2.48. The second-order valence-corrected chi connectivity index (χ2v) is 6.80. The summed E-state index contributed by atoms with van der Waals surface area (Å²) in [5.74, 6) is -0.342. The van der Waals surface area contributed by atoms with Crippen LogP contribution in [0, 0.1) is 5.41 Å². The van der Waals surface area contributed by atoms with E-state index in [9.17, 15) is 9.59 Å². The molecule has 1 aliphatic heterocycles. The number of carbonyl (C=O) groups excluding carboxylic acids is 2. The minimum atomic E-state index is -0.511. The minimum absolute atomic E-state index is 0.170. The van der Waals surface area contributed by atoms with Gasteiger partial charge in [-0.15, -0.1) is 0 Å².